The van der Waals surface area contributed by atoms with Gasteiger partial charge in [-0.2, -0.15) is 0 Å². The molecular weight excluding hydrogens is 540 g/mol. The van der Waals surface area contributed by atoms with E-state index in [1.165, 1.54) is 109 Å². The van der Waals surface area contributed by atoms with Gasteiger partial charge in [-0.05, 0) is 127 Å². The van der Waals surface area contributed by atoms with E-state index < -0.39 is 0 Å². The lowest BCUT2D eigenvalue weighted by molar-refractivity contribution is 0.0329. The Labute approximate surface area is 284 Å². The highest BCUT2D eigenvalue weighted by atomic mass is 14.5. The highest BCUT2D eigenvalue weighted by Crippen LogP contribution is 2.60. The number of hydrogen-bond donors (Lipinski definition) is 0. The van der Waals surface area contributed by atoms with Gasteiger partial charge in [0, 0.05) is 0 Å². The zero-order chi connectivity index (χ0) is 33.8. The summed E-state index contributed by atoms with van der Waals surface area (Å²) in [6, 6.07) is 0. The number of allylic oxidation sites excluding steroid dienone is 2. The van der Waals surface area contributed by atoms with Gasteiger partial charge < -0.3 is 0 Å². The van der Waals surface area contributed by atoms with Gasteiger partial charge >= 0.3 is 0 Å². The summed E-state index contributed by atoms with van der Waals surface area (Å²) in [5.41, 5.74) is 5.20. The zero-order valence-electron chi connectivity index (χ0n) is 33.1. The maximum absolute atomic E-state index is 4.96. The predicted octanol–water partition coefficient (Wildman–Crippen LogP) is 14.9. The molecule has 0 aliphatic heterocycles. The molecule has 3 fully saturated rings. The van der Waals surface area contributed by atoms with Crippen molar-refractivity contribution in [2.45, 2.75) is 192 Å². The van der Waals surface area contributed by atoms with Crippen LogP contribution in [-0.2, 0) is 0 Å². The van der Waals surface area contributed by atoms with Crippen LogP contribution in [0.25, 0.3) is 0 Å². The van der Waals surface area contributed by atoms with Gasteiger partial charge in [-0.1, -0.05) is 159 Å². The normalized spacial score (nSPS) is 31.8. The van der Waals surface area contributed by atoms with Crippen LogP contribution in [0.5, 0.6) is 0 Å². The average Bonchev–Trinajstić information content (AvgIpc) is 3.02. The highest BCUT2D eigenvalue weighted by molar-refractivity contribution is 5.28. The lowest BCUT2D eigenvalue weighted by Crippen LogP contribution is -2.45. The molecule has 0 spiro atoms. The van der Waals surface area contributed by atoms with Crippen molar-refractivity contribution in [3.63, 3.8) is 0 Å². The van der Waals surface area contributed by atoms with E-state index in [-0.39, 0.29) is 0 Å². The molecule has 10 unspecified atom stereocenters. The van der Waals surface area contributed by atoms with Crippen LogP contribution in [0.15, 0.2) is 24.3 Å². The lowest BCUT2D eigenvalue weighted by atomic mass is 9.50. The first-order valence-electron chi connectivity index (χ1n) is 20.4. The van der Waals surface area contributed by atoms with Crippen LogP contribution < -0.4 is 0 Å². The standard InChI is InChI=1S/C45H82/c1-15-27-43(11,12)33(6)22-20-29-45(14,18-4)37-24-26-39-34(7)40-30-36(23-25-38(40)35(8)41(39)31-37)44(13,17-3)28-19-21-32(5)42(9,10)16-2/h32-33,36-41H,7-8,15-31H2,1-6,9-14H3. The number of rotatable bonds is 17. The lowest BCUT2D eigenvalue weighted by Gasteiger charge is -2.55. The van der Waals surface area contributed by atoms with Gasteiger partial charge in [-0.25, -0.2) is 0 Å². The fraction of sp³-hybridized carbons (Fsp3) is 0.911. The summed E-state index contributed by atoms with van der Waals surface area (Å²) in [5, 5.41) is 0. The Morgan fingerprint density at radius 2 is 0.956 bits per heavy atom. The monoisotopic (exact) mass is 623 g/mol. The van der Waals surface area contributed by atoms with Crippen LogP contribution in [0, 0.1) is 69.0 Å². The van der Waals surface area contributed by atoms with Gasteiger partial charge in [0.15, 0.2) is 0 Å². The summed E-state index contributed by atoms with van der Waals surface area (Å²) in [5.74, 6) is 6.13. The van der Waals surface area contributed by atoms with Gasteiger partial charge in [0.05, 0.1) is 0 Å². The summed E-state index contributed by atoms with van der Waals surface area (Å²) in [7, 11) is 0. The van der Waals surface area contributed by atoms with Crippen molar-refractivity contribution in [1.82, 2.24) is 0 Å². The first kappa shape index (κ1) is 38.9. The first-order valence-corrected chi connectivity index (χ1v) is 20.4. The van der Waals surface area contributed by atoms with Crippen LogP contribution in [0.3, 0.4) is 0 Å². The Balaban J connectivity index is 1.62. The molecule has 0 amide bonds. The van der Waals surface area contributed by atoms with E-state index >= 15 is 0 Å². The molecule has 0 saturated heterocycles. The number of fused-ring (bicyclic) bond motifs is 2. The molecule has 0 bridgehead atoms. The minimum Gasteiger partial charge on any atom is -0.0993 e. The third-order valence-corrected chi connectivity index (χ3v) is 16.4. The van der Waals surface area contributed by atoms with Gasteiger partial charge in [-0.15, -0.1) is 0 Å². The SMILES string of the molecule is C=C1C2CCC(C(C)(CC)CCCC(C)C(C)(C)CCC)CC2C(=C)C2CCC(C(C)(CC)CCCC(C)C(C)(C)CC)CC12. The molecule has 0 aromatic rings. The second-order valence-electron chi connectivity index (χ2n) is 19.3. The maximum atomic E-state index is 4.96. The van der Waals surface area contributed by atoms with E-state index in [1.807, 2.05) is 0 Å². The Morgan fingerprint density at radius 1 is 0.556 bits per heavy atom. The molecule has 0 N–H and O–H groups in total. The number of hydrogen-bond acceptors (Lipinski definition) is 0. The third kappa shape index (κ3) is 8.75. The molecule has 3 aliphatic carbocycles. The summed E-state index contributed by atoms with van der Waals surface area (Å²) >= 11 is 0. The maximum Gasteiger partial charge on any atom is -0.0134 e. The van der Waals surface area contributed by atoms with E-state index in [2.05, 4.69) is 83.1 Å². The van der Waals surface area contributed by atoms with Gasteiger partial charge in [0.2, 0.25) is 0 Å². The highest BCUT2D eigenvalue weighted by Gasteiger charge is 2.50. The topological polar surface area (TPSA) is 0 Å². The molecule has 0 nitrogen and oxygen atoms in total. The Kier molecular flexibility index (Phi) is 13.7. The fourth-order valence-electron chi connectivity index (χ4n) is 10.8. The molecule has 0 radical (unpaired) electrons. The minimum atomic E-state index is 0.467. The molecule has 10 atom stereocenters. The summed E-state index contributed by atoms with van der Waals surface area (Å²) in [4.78, 5) is 0. The first-order chi connectivity index (χ1) is 21.0. The molecule has 3 rings (SSSR count). The van der Waals surface area contributed by atoms with Crippen LogP contribution in [0.4, 0.5) is 0 Å². The third-order valence-electron chi connectivity index (χ3n) is 16.4. The summed E-state index contributed by atoms with van der Waals surface area (Å²) in [6.07, 6.45) is 23.3. The van der Waals surface area contributed by atoms with Crippen molar-refractivity contribution in [2.24, 2.45) is 69.0 Å². The van der Waals surface area contributed by atoms with Gasteiger partial charge in [0.25, 0.3) is 0 Å². The van der Waals surface area contributed by atoms with Crippen LogP contribution >= 0.6 is 0 Å². The Bertz CT molecular complexity index is 949. The van der Waals surface area contributed by atoms with Crippen molar-refractivity contribution in [3.05, 3.63) is 24.3 Å². The van der Waals surface area contributed by atoms with Crippen LogP contribution in [0.2, 0.25) is 0 Å². The van der Waals surface area contributed by atoms with E-state index in [0.29, 0.717) is 45.3 Å². The smallest absolute Gasteiger partial charge is 0.0134 e. The molecule has 3 aliphatic rings. The van der Waals surface area contributed by atoms with Crippen molar-refractivity contribution in [3.8, 4) is 0 Å². The molecule has 0 aromatic heterocycles. The molecule has 0 aromatic carbocycles. The van der Waals surface area contributed by atoms with Crippen molar-refractivity contribution < 1.29 is 0 Å². The Morgan fingerprint density at radius 3 is 1.31 bits per heavy atom. The van der Waals surface area contributed by atoms with Crippen molar-refractivity contribution in [1.29, 1.82) is 0 Å². The molecule has 3 saturated carbocycles. The predicted molar refractivity (Wildman–Crippen MR) is 203 cm³/mol. The second-order valence-corrected chi connectivity index (χ2v) is 19.3. The van der Waals surface area contributed by atoms with Crippen LogP contribution in [0.1, 0.15) is 192 Å². The Hall–Kier alpha value is -0.520. The van der Waals surface area contributed by atoms with Crippen molar-refractivity contribution in [2.75, 3.05) is 0 Å². The zero-order valence-corrected chi connectivity index (χ0v) is 33.1. The van der Waals surface area contributed by atoms with E-state index in [0.717, 1.165) is 23.7 Å². The van der Waals surface area contributed by atoms with E-state index in [1.54, 1.807) is 11.1 Å². The molecular formula is C45H82. The van der Waals surface area contributed by atoms with Crippen molar-refractivity contribution >= 4 is 0 Å². The summed E-state index contributed by atoms with van der Waals surface area (Å²) in [6.45, 7) is 39.9. The largest absolute Gasteiger partial charge is 0.0993 e. The molecule has 45 heavy (non-hydrogen) atoms. The van der Waals surface area contributed by atoms with Crippen LogP contribution in [-0.4, -0.2) is 0 Å². The summed E-state index contributed by atoms with van der Waals surface area (Å²) < 4.78 is 0. The quantitative estimate of drug-likeness (QED) is 0.142. The second kappa shape index (κ2) is 15.8. The molecule has 0 heteroatoms. The average molecular weight is 623 g/mol. The molecule has 0 heterocycles. The minimum absolute atomic E-state index is 0.467. The van der Waals surface area contributed by atoms with Gasteiger partial charge in [-0.3, -0.25) is 0 Å². The van der Waals surface area contributed by atoms with Gasteiger partial charge in [0.1, 0.15) is 0 Å². The van der Waals surface area contributed by atoms with E-state index in [4.69, 9.17) is 13.2 Å². The molecule has 262 valence electrons. The fourth-order valence-corrected chi connectivity index (χ4v) is 10.8. The van der Waals surface area contributed by atoms with E-state index in [9.17, 15) is 0 Å².